The molecule has 33 heavy (non-hydrogen) atoms. The molecule has 0 spiro atoms. The van der Waals surface area contributed by atoms with Crippen molar-refractivity contribution in [2.24, 2.45) is 5.41 Å². The first-order chi connectivity index (χ1) is 15.9. The molecule has 1 aliphatic carbocycles. The summed E-state index contributed by atoms with van der Waals surface area (Å²) in [6, 6.07) is 17.8. The van der Waals surface area contributed by atoms with Crippen molar-refractivity contribution in [1.82, 2.24) is 4.98 Å². The standard InChI is InChI=1S/C27H30N2O2S2/c1-27(2)15-23-25(24(30)16-27)33-26(28-23)29-11-12-31-17-21(29)14-18-5-4-6-20(13-18)19-7-9-22(32-3)10-8-19/h4-10,13,21H,11-12,14-17H2,1-3H3/t21-/m0/s1. The summed E-state index contributed by atoms with van der Waals surface area (Å²) < 4.78 is 5.87. The summed E-state index contributed by atoms with van der Waals surface area (Å²) in [5.74, 6) is 0.245. The Morgan fingerprint density at radius 3 is 2.76 bits per heavy atom. The van der Waals surface area contributed by atoms with Crippen LogP contribution in [0, 0.1) is 5.41 Å². The first kappa shape index (κ1) is 22.6. The highest BCUT2D eigenvalue weighted by molar-refractivity contribution is 7.98. The van der Waals surface area contributed by atoms with Crippen LogP contribution in [0.2, 0.25) is 0 Å². The summed E-state index contributed by atoms with van der Waals surface area (Å²) in [7, 11) is 0. The minimum Gasteiger partial charge on any atom is -0.377 e. The van der Waals surface area contributed by atoms with Gasteiger partial charge in [-0.3, -0.25) is 4.79 Å². The van der Waals surface area contributed by atoms with E-state index in [1.807, 2.05) is 0 Å². The number of nitrogens with zero attached hydrogens (tertiary/aromatic N) is 2. The molecule has 1 aromatic heterocycles. The zero-order chi connectivity index (χ0) is 23.0. The molecule has 0 saturated carbocycles. The van der Waals surface area contributed by atoms with Gasteiger partial charge in [-0.05, 0) is 53.3 Å². The molecular weight excluding hydrogens is 448 g/mol. The summed E-state index contributed by atoms with van der Waals surface area (Å²) in [6.45, 7) is 6.50. The largest absolute Gasteiger partial charge is 0.377 e. The normalized spacial score (nSPS) is 20.0. The number of aromatic nitrogens is 1. The molecular formula is C27H30N2O2S2. The zero-order valence-corrected chi connectivity index (χ0v) is 21.1. The van der Waals surface area contributed by atoms with Crippen LogP contribution in [0.25, 0.3) is 11.1 Å². The van der Waals surface area contributed by atoms with Crippen LogP contribution in [0.15, 0.2) is 53.4 Å². The fourth-order valence-corrected chi connectivity index (χ4v) is 6.37. The van der Waals surface area contributed by atoms with E-state index < -0.39 is 0 Å². The van der Waals surface area contributed by atoms with Crippen LogP contribution in [-0.2, 0) is 17.6 Å². The minimum atomic E-state index is -0.00566. The molecule has 1 fully saturated rings. The van der Waals surface area contributed by atoms with Gasteiger partial charge in [-0.2, -0.15) is 0 Å². The van der Waals surface area contributed by atoms with E-state index in [1.54, 1.807) is 23.1 Å². The highest BCUT2D eigenvalue weighted by atomic mass is 32.2. The third kappa shape index (κ3) is 4.88. The van der Waals surface area contributed by atoms with Gasteiger partial charge in [0.25, 0.3) is 0 Å². The Kier molecular flexibility index (Phi) is 6.34. The molecule has 1 atom stereocenters. The van der Waals surface area contributed by atoms with E-state index in [-0.39, 0.29) is 17.2 Å². The average Bonchev–Trinajstić information content (AvgIpc) is 3.23. The van der Waals surface area contributed by atoms with Crippen molar-refractivity contribution in [3.8, 4) is 11.1 Å². The van der Waals surface area contributed by atoms with Crippen LogP contribution in [0.3, 0.4) is 0 Å². The summed E-state index contributed by atoms with van der Waals surface area (Å²) in [4.78, 5) is 22.2. The second kappa shape index (κ2) is 9.24. The van der Waals surface area contributed by atoms with E-state index in [0.29, 0.717) is 19.6 Å². The van der Waals surface area contributed by atoms with E-state index >= 15 is 0 Å². The van der Waals surface area contributed by atoms with Gasteiger partial charge in [0.2, 0.25) is 0 Å². The van der Waals surface area contributed by atoms with Crippen LogP contribution in [0.4, 0.5) is 5.13 Å². The highest BCUT2D eigenvalue weighted by Crippen LogP contribution is 2.40. The molecule has 0 N–H and O–H groups in total. The van der Waals surface area contributed by atoms with Crippen LogP contribution >= 0.6 is 23.1 Å². The number of fused-ring (bicyclic) bond motifs is 1. The van der Waals surface area contributed by atoms with Gasteiger partial charge in [0.05, 0.1) is 29.8 Å². The van der Waals surface area contributed by atoms with E-state index in [0.717, 1.165) is 35.1 Å². The van der Waals surface area contributed by atoms with Gasteiger partial charge in [0, 0.05) is 17.9 Å². The van der Waals surface area contributed by atoms with Crippen LogP contribution < -0.4 is 4.90 Å². The lowest BCUT2D eigenvalue weighted by molar-refractivity contribution is 0.0915. The number of carbonyl (C=O) groups is 1. The van der Waals surface area contributed by atoms with Crippen molar-refractivity contribution in [1.29, 1.82) is 0 Å². The summed E-state index contributed by atoms with van der Waals surface area (Å²) >= 11 is 3.34. The van der Waals surface area contributed by atoms with E-state index in [4.69, 9.17) is 9.72 Å². The second-order valence-corrected chi connectivity index (χ2v) is 11.6. The molecule has 1 aliphatic heterocycles. The molecule has 0 bridgehead atoms. The summed E-state index contributed by atoms with van der Waals surface area (Å²) in [5.41, 5.74) is 4.74. The number of benzene rings is 2. The molecule has 2 aromatic carbocycles. The number of Topliss-reactive ketones (excluding diaryl/α,β-unsaturated/α-hetero) is 1. The fraction of sp³-hybridized carbons (Fsp3) is 0.407. The lowest BCUT2D eigenvalue weighted by Crippen LogP contribution is -2.46. The number of anilines is 1. The van der Waals surface area contributed by atoms with Crippen molar-refractivity contribution < 1.29 is 9.53 Å². The first-order valence-electron chi connectivity index (χ1n) is 11.5. The third-order valence-electron chi connectivity index (χ3n) is 6.52. The molecule has 2 aliphatic rings. The second-order valence-electron chi connectivity index (χ2n) is 9.77. The molecule has 172 valence electrons. The van der Waals surface area contributed by atoms with E-state index in [2.05, 4.69) is 73.5 Å². The monoisotopic (exact) mass is 478 g/mol. The number of thiazole rings is 1. The molecule has 2 heterocycles. The molecule has 3 aromatic rings. The third-order valence-corrected chi connectivity index (χ3v) is 8.44. The van der Waals surface area contributed by atoms with Gasteiger partial charge in [-0.1, -0.05) is 61.6 Å². The fourth-order valence-electron chi connectivity index (χ4n) is 4.84. The van der Waals surface area contributed by atoms with Crippen molar-refractivity contribution in [2.75, 3.05) is 30.9 Å². The average molecular weight is 479 g/mol. The minimum absolute atomic E-state index is 0.00566. The number of hydrogen-bond donors (Lipinski definition) is 0. The zero-order valence-electron chi connectivity index (χ0n) is 19.5. The summed E-state index contributed by atoms with van der Waals surface area (Å²) in [6.07, 6.45) is 4.47. The molecule has 5 rings (SSSR count). The van der Waals surface area contributed by atoms with Gasteiger partial charge in [-0.25, -0.2) is 4.98 Å². The maximum atomic E-state index is 12.7. The molecule has 0 unspecified atom stereocenters. The smallest absolute Gasteiger partial charge is 0.186 e. The summed E-state index contributed by atoms with van der Waals surface area (Å²) in [5, 5.41) is 0.975. The first-order valence-corrected chi connectivity index (χ1v) is 13.6. The van der Waals surface area contributed by atoms with Crippen LogP contribution in [0.5, 0.6) is 0 Å². The molecule has 6 heteroatoms. The number of thioether (sulfide) groups is 1. The Morgan fingerprint density at radius 1 is 1.15 bits per heavy atom. The van der Waals surface area contributed by atoms with Gasteiger partial charge < -0.3 is 9.64 Å². The maximum Gasteiger partial charge on any atom is 0.186 e. The van der Waals surface area contributed by atoms with Gasteiger partial charge in [-0.15, -0.1) is 11.8 Å². The number of ether oxygens (including phenoxy) is 1. The quantitative estimate of drug-likeness (QED) is 0.412. The lowest BCUT2D eigenvalue weighted by atomic mass is 9.78. The van der Waals surface area contributed by atoms with E-state index in [9.17, 15) is 4.79 Å². The molecule has 1 saturated heterocycles. The molecule has 0 radical (unpaired) electrons. The predicted molar refractivity (Wildman–Crippen MR) is 138 cm³/mol. The van der Waals surface area contributed by atoms with Crippen molar-refractivity contribution in [2.45, 2.75) is 44.0 Å². The van der Waals surface area contributed by atoms with Gasteiger partial charge >= 0.3 is 0 Å². The number of ketones is 1. The highest BCUT2D eigenvalue weighted by Gasteiger charge is 2.36. The Balaban J connectivity index is 1.38. The Morgan fingerprint density at radius 2 is 1.97 bits per heavy atom. The van der Waals surface area contributed by atoms with Gasteiger partial charge in [0.15, 0.2) is 10.9 Å². The number of carbonyl (C=O) groups excluding carboxylic acids is 1. The van der Waals surface area contributed by atoms with Crippen molar-refractivity contribution >= 4 is 34.0 Å². The maximum absolute atomic E-state index is 12.7. The number of rotatable bonds is 5. The Labute approximate surface area is 204 Å². The predicted octanol–water partition coefficient (Wildman–Crippen LogP) is 6.14. The number of morpholine rings is 1. The van der Waals surface area contributed by atoms with Gasteiger partial charge in [0.1, 0.15) is 0 Å². The number of hydrogen-bond acceptors (Lipinski definition) is 6. The van der Waals surface area contributed by atoms with Crippen molar-refractivity contribution in [3.63, 3.8) is 0 Å². The Bertz CT molecular complexity index is 1150. The SMILES string of the molecule is CSc1ccc(-c2cccc(C[C@H]3COCCN3c3nc4c(s3)C(=O)CC(C)(C)C4)c2)cc1. The van der Waals surface area contributed by atoms with Crippen LogP contribution in [0.1, 0.15) is 41.2 Å². The van der Waals surface area contributed by atoms with Crippen molar-refractivity contribution in [3.05, 3.63) is 64.7 Å². The molecule has 4 nitrogen and oxygen atoms in total. The Hall–Kier alpha value is -2.15. The molecule has 0 amide bonds. The topological polar surface area (TPSA) is 42.4 Å². The van der Waals surface area contributed by atoms with Crippen LogP contribution in [-0.4, -0.2) is 42.8 Å². The lowest BCUT2D eigenvalue weighted by Gasteiger charge is -2.35. The van der Waals surface area contributed by atoms with E-state index in [1.165, 1.54) is 21.6 Å².